The molecule has 2 N–H and O–H groups in total. The number of hydrogen-bond acceptors (Lipinski definition) is 6. The molecular weight excluding hydrogens is 484 g/mol. The number of nitrogens with one attached hydrogen (secondary N) is 1. The first-order valence-electron chi connectivity index (χ1n) is 11.3. The number of pyridine rings is 1. The van der Waals surface area contributed by atoms with Gasteiger partial charge in [-0.15, -0.1) is 11.3 Å². The van der Waals surface area contributed by atoms with Crippen molar-refractivity contribution in [3.8, 4) is 5.75 Å². The standard InChI is InChI=1S/C26H23ClN4O3S/c27-19-6-2-1-4-17(19)14-23(33)31-12-9-16(10-13-31)26-30-21(15-35-26)25(34)29-20-7-8-22(32)24-18(20)5-3-11-28-24/h1-8,11,15-16,32H,9-10,12-14H2,(H,29,34). The van der Waals surface area contributed by atoms with Crippen LogP contribution in [0.25, 0.3) is 10.9 Å². The van der Waals surface area contributed by atoms with E-state index in [1.54, 1.807) is 35.8 Å². The Bertz CT molecular complexity index is 1400. The molecule has 0 spiro atoms. The first kappa shape index (κ1) is 23.3. The van der Waals surface area contributed by atoms with Crippen molar-refractivity contribution in [3.05, 3.63) is 81.4 Å². The van der Waals surface area contributed by atoms with E-state index < -0.39 is 0 Å². The van der Waals surface area contributed by atoms with Gasteiger partial charge < -0.3 is 15.3 Å². The maximum Gasteiger partial charge on any atom is 0.275 e. The van der Waals surface area contributed by atoms with Crippen LogP contribution in [-0.2, 0) is 11.2 Å². The van der Waals surface area contributed by atoms with Crippen LogP contribution in [-0.4, -0.2) is 44.9 Å². The lowest BCUT2D eigenvalue weighted by Gasteiger charge is -2.31. The van der Waals surface area contributed by atoms with Crippen molar-refractivity contribution in [1.29, 1.82) is 0 Å². The smallest absolute Gasteiger partial charge is 0.275 e. The van der Waals surface area contributed by atoms with Gasteiger partial charge in [-0.05, 0) is 48.7 Å². The number of rotatable bonds is 5. The molecule has 2 aromatic heterocycles. The number of piperidine rings is 1. The fourth-order valence-electron chi connectivity index (χ4n) is 4.32. The molecule has 5 rings (SSSR count). The zero-order valence-corrected chi connectivity index (χ0v) is 20.4. The summed E-state index contributed by atoms with van der Waals surface area (Å²) < 4.78 is 0. The number of aromatic hydroxyl groups is 1. The Morgan fingerprint density at radius 2 is 1.91 bits per heavy atom. The summed E-state index contributed by atoms with van der Waals surface area (Å²) in [7, 11) is 0. The van der Waals surface area contributed by atoms with Crippen LogP contribution in [0.1, 0.15) is 39.8 Å². The molecule has 0 radical (unpaired) electrons. The summed E-state index contributed by atoms with van der Waals surface area (Å²) in [4.78, 5) is 36.3. The number of halogens is 1. The summed E-state index contributed by atoms with van der Waals surface area (Å²) in [6.07, 6.45) is 3.50. The molecule has 1 fully saturated rings. The summed E-state index contributed by atoms with van der Waals surface area (Å²) in [6.45, 7) is 1.31. The van der Waals surface area contributed by atoms with Crippen LogP contribution in [0.2, 0.25) is 5.02 Å². The fraction of sp³-hybridized carbons (Fsp3) is 0.231. The largest absolute Gasteiger partial charge is 0.506 e. The van der Waals surface area contributed by atoms with Crippen molar-refractivity contribution in [2.75, 3.05) is 18.4 Å². The third-order valence-electron chi connectivity index (χ3n) is 6.25. The number of likely N-dealkylation sites (tertiary alicyclic amines) is 1. The van der Waals surface area contributed by atoms with E-state index in [4.69, 9.17) is 11.6 Å². The van der Waals surface area contributed by atoms with E-state index in [9.17, 15) is 14.7 Å². The molecular formula is C26H23ClN4O3S. The van der Waals surface area contributed by atoms with Crippen LogP contribution in [0, 0.1) is 0 Å². The highest BCUT2D eigenvalue weighted by molar-refractivity contribution is 7.10. The third kappa shape index (κ3) is 4.99. The van der Waals surface area contributed by atoms with Gasteiger partial charge in [0, 0.05) is 41.0 Å². The molecule has 0 saturated carbocycles. The molecule has 178 valence electrons. The van der Waals surface area contributed by atoms with Crippen LogP contribution >= 0.6 is 22.9 Å². The Morgan fingerprint density at radius 3 is 2.71 bits per heavy atom. The number of nitrogens with zero attached hydrogens (tertiary/aromatic N) is 3. The van der Waals surface area contributed by atoms with E-state index >= 15 is 0 Å². The van der Waals surface area contributed by atoms with E-state index in [-0.39, 0.29) is 23.5 Å². The number of anilines is 1. The monoisotopic (exact) mass is 506 g/mol. The fourth-order valence-corrected chi connectivity index (χ4v) is 5.50. The average molecular weight is 507 g/mol. The van der Waals surface area contributed by atoms with Crippen molar-refractivity contribution in [1.82, 2.24) is 14.9 Å². The summed E-state index contributed by atoms with van der Waals surface area (Å²) in [5, 5.41) is 16.8. The second kappa shape index (κ2) is 10.0. The number of amides is 2. The van der Waals surface area contributed by atoms with Crippen LogP contribution in [0.4, 0.5) is 5.69 Å². The Balaban J connectivity index is 1.21. The number of fused-ring (bicyclic) bond motifs is 1. The van der Waals surface area contributed by atoms with Crippen LogP contribution in [0.5, 0.6) is 5.75 Å². The maximum atomic E-state index is 12.9. The van der Waals surface area contributed by atoms with E-state index in [2.05, 4.69) is 15.3 Å². The van der Waals surface area contributed by atoms with Crippen molar-refractivity contribution in [2.45, 2.75) is 25.2 Å². The molecule has 9 heteroatoms. The number of hydrogen-bond donors (Lipinski definition) is 2. The van der Waals surface area contributed by atoms with Crippen molar-refractivity contribution in [3.63, 3.8) is 0 Å². The average Bonchev–Trinajstić information content (AvgIpc) is 3.38. The molecule has 7 nitrogen and oxygen atoms in total. The van der Waals surface area contributed by atoms with Crippen molar-refractivity contribution in [2.24, 2.45) is 0 Å². The molecule has 0 atom stereocenters. The predicted molar refractivity (Wildman–Crippen MR) is 137 cm³/mol. The predicted octanol–water partition coefficient (Wildman–Crippen LogP) is 5.25. The number of aromatic nitrogens is 2. The van der Waals surface area contributed by atoms with Crippen molar-refractivity contribution < 1.29 is 14.7 Å². The minimum atomic E-state index is -0.310. The number of thiazole rings is 1. The minimum absolute atomic E-state index is 0.0613. The van der Waals surface area contributed by atoms with Crippen LogP contribution in [0.15, 0.2) is 60.1 Å². The van der Waals surface area contributed by atoms with E-state index in [0.29, 0.717) is 46.8 Å². The molecule has 35 heavy (non-hydrogen) atoms. The first-order chi connectivity index (χ1) is 17.0. The molecule has 0 aliphatic carbocycles. The van der Waals surface area contributed by atoms with Gasteiger partial charge in [-0.25, -0.2) is 4.98 Å². The van der Waals surface area contributed by atoms with Gasteiger partial charge in [-0.1, -0.05) is 29.8 Å². The second-order valence-electron chi connectivity index (χ2n) is 8.48. The quantitative estimate of drug-likeness (QED) is 0.360. The molecule has 1 aliphatic heterocycles. The number of phenols is 1. The normalized spacial score (nSPS) is 14.3. The minimum Gasteiger partial charge on any atom is -0.506 e. The third-order valence-corrected chi connectivity index (χ3v) is 7.62. The Kier molecular flexibility index (Phi) is 6.66. The SMILES string of the molecule is O=C(Nc1ccc(O)c2ncccc12)c1csc(C2CCN(C(=O)Cc3ccccc3Cl)CC2)n1. The maximum absolute atomic E-state index is 12.9. The van der Waals surface area contributed by atoms with Gasteiger partial charge in [0.1, 0.15) is 17.0 Å². The Labute approximate surface area is 211 Å². The molecule has 0 unspecified atom stereocenters. The van der Waals surface area contributed by atoms with Gasteiger partial charge in [0.25, 0.3) is 5.91 Å². The van der Waals surface area contributed by atoms with Gasteiger partial charge in [0.2, 0.25) is 5.91 Å². The molecule has 1 aliphatic rings. The summed E-state index contributed by atoms with van der Waals surface area (Å²) >= 11 is 7.67. The molecule has 2 aromatic carbocycles. The lowest BCUT2D eigenvalue weighted by molar-refractivity contribution is -0.131. The zero-order chi connectivity index (χ0) is 24.4. The van der Waals surface area contributed by atoms with Gasteiger partial charge in [0.15, 0.2) is 0 Å². The highest BCUT2D eigenvalue weighted by Gasteiger charge is 2.27. The molecule has 3 heterocycles. The van der Waals surface area contributed by atoms with Crippen LogP contribution < -0.4 is 5.32 Å². The summed E-state index contributed by atoms with van der Waals surface area (Å²) in [6, 6.07) is 14.1. The zero-order valence-electron chi connectivity index (χ0n) is 18.8. The lowest BCUT2D eigenvalue weighted by Crippen LogP contribution is -2.38. The van der Waals surface area contributed by atoms with Crippen molar-refractivity contribution >= 4 is 51.3 Å². The van der Waals surface area contributed by atoms with E-state index in [0.717, 1.165) is 23.4 Å². The van der Waals surface area contributed by atoms with E-state index in [1.807, 2.05) is 23.1 Å². The lowest BCUT2D eigenvalue weighted by atomic mass is 9.97. The Morgan fingerprint density at radius 1 is 1.11 bits per heavy atom. The summed E-state index contributed by atoms with van der Waals surface area (Å²) in [5.74, 6) is 0.0397. The number of benzene rings is 2. The highest BCUT2D eigenvalue weighted by atomic mass is 35.5. The summed E-state index contributed by atoms with van der Waals surface area (Å²) in [5.41, 5.74) is 2.19. The van der Waals surface area contributed by atoms with Gasteiger partial charge in [0.05, 0.1) is 17.1 Å². The molecule has 2 amide bonds. The first-order valence-corrected chi connectivity index (χ1v) is 12.6. The second-order valence-corrected chi connectivity index (χ2v) is 9.78. The van der Waals surface area contributed by atoms with Crippen LogP contribution in [0.3, 0.4) is 0 Å². The number of carbonyl (C=O) groups is 2. The number of phenolic OH excluding ortho intramolecular Hbond substituents is 1. The molecule has 4 aromatic rings. The topological polar surface area (TPSA) is 95.4 Å². The van der Waals surface area contributed by atoms with Gasteiger partial charge in [-0.2, -0.15) is 0 Å². The van der Waals surface area contributed by atoms with Gasteiger partial charge in [-0.3, -0.25) is 14.6 Å². The number of carbonyl (C=O) groups excluding carboxylic acids is 2. The van der Waals surface area contributed by atoms with Gasteiger partial charge >= 0.3 is 0 Å². The Hall–Kier alpha value is -3.49. The highest BCUT2D eigenvalue weighted by Crippen LogP contribution is 2.32. The molecule has 1 saturated heterocycles. The van der Waals surface area contributed by atoms with E-state index in [1.165, 1.54) is 17.4 Å². The molecule has 0 bridgehead atoms.